The Morgan fingerprint density at radius 3 is 2.70 bits per heavy atom. The first-order chi connectivity index (χ1) is 15.7. The molecule has 2 aromatic heterocycles. The molecule has 0 amide bonds. The van der Waals surface area contributed by atoms with Crippen LogP contribution in [0, 0.1) is 17.2 Å². The van der Waals surface area contributed by atoms with Crippen molar-refractivity contribution in [1.82, 2.24) is 9.55 Å². The summed E-state index contributed by atoms with van der Waals surface area (Å²) < 4.78 is 8.08. The third kappa shape index (κ3) is 4.59. The molecule has 1 saturated heterocycles. The normalized spacial score (nSPS) is 18.8. The second kappa shape index (κ2) is 8.90. The van der Waals surface area contributed by atoms with Crippen molar-refractivity contribution in [2.24, 2.45) is 13.0 Å². The predicted octanol–water partition coefficient (Wildman–Crippen LogP) is 4.79. The summed E-state index contributed by atoms with van der Waals surface area (Å²) in [6, 6.07) is 15.6. The van der Waals surface area contributed by atoms with E-state index in [0.29, 0.717) is 17.1 Å². The Kier molecular flexibility index (Phi) is 6.16. The lowest BCUT2D eigenvalue weighted by Crippen LogP contribution is -2.46. The van der Waals surface area contributed by atoms with E-state index in [-0.39, 0.29) is 17.1 Å². The van der Waals surface area contributed by atoms with Crippen LogP contribution in [-0.2, 0) is 12.5 Å². The topological polar surface area (TPSA) is 71.2 Å². The van der Waals surface area contributed by atoms with Gasteiger partial charge in [0, 0.05) is 38.5 Å². The van der Waals surface area contributed by atoms with Crippen molar-refractivity contribution in [3.63, 3.8) is 0 Å². The average Bonchev–Trinajstić information content (AvgIpc) is 2.81. The van der Waals surface area contributed by atoms with Gasteiger partial charge in [-0.15, -0.1) is 0 Å². The number of pyridine rings is 2. The summed E-state index contributed by atoms with van der Waals surface area (Å²) >= 11 is 0. The molecule has 6 heteroatoms. The number of nitrogens with zero attached hydrogens (tertiary/aromatic N) is 4. The van der Waals surface area contributed by atoms with Crippen molar-refractivity contribution in [1.29, 1.82) is 5.26 Å². The first kappa shape index (κ1) is 22.8. The van der Waals surface area contributed by atoms with E-state index in [2.05, 4.69) is 61.8 Å². The highest BCUT2D eigenvalue weighted by molar-refractivity contribution is 5.88. The fraction of sp³-hybridized carbons (Fsp3) is 0.444. The standard InChI is InChI=1S/C27H32N4O2/c1-6-18-17-31(13-12-24(18)33-21-9-7-8-19(14-21)27(2,3)4)23-15-25(32)30(5)22-11-10-20(16-28)29-26(22)23/h7-11,14-15,18,24H,6,12-13,17H2,1-5H3/t18-,24-/m1/s1. The van der Waals surface area contributed by atoms with Crippen LogP contribution in [-0.4, -0.2) is 28.7 Å². The average molecular weight is 445 g/mol. The minimum absolute atomic E-state index is 0.0721. The number of benzene rings is 1. The zero-order chi connectivity index (χ0) is 23.8. The molecular weight excluding hydrogens is 412 g/mol. The zero-order valence-corrected chi connectivity index (χ0v) is 20.1. The Bertz CT molecular complexity index is 1270. The molecule has 4 rings (SSSR count). The number of nitriles is 1. The van der Waals surface area contributed by atoms with Crippen molar-refractivity contribution >= 4 is 16.7 Å². The summed E-state index contributed by atoms with van der Waals surface area (Å²) in [4.78, 5) is 19.4. The number of ether oxygens (including phenoxy) is 1. The van der Waals surface area contributed by atoms with E-state index in [1.165, 1.54) is 5.56 Å². The summed E-state index contributed by atoms with van der Waals surface area (Å²) in [7, 11) is 1.74. The molecule has 0 bridgehead atoms. The van der Waals surface area contributed by atoms with Crippen LogP contribution in [0.4, 0.5) is 5.69 Å². The summed E-state index contributed by atoms with van der Waals surface area (Å²) in [6.07, 6.45) is 1.94. The van der Waals surface area contributed by atoms with Gasteiger partial charge in [0.25, 0.3) is 5.56 Å². The highest BCUT2D eigenvalue weighted by Gasteiger charge is 2.31. The smallest absolute Gasteiger partial charge is 0.252 e. The molecule has 33 heavy (non-hydrogen) atoms. The number of anilines is 1. The Labute approximate surface area is 195 Å². The molecule has 1 aromatic carbocycles. The van der Waals surface area contributed by atoms with Crippen molar-refractivity contribution in [2.75, 3.05) is 18.0 Å². The van der Waals surface area contributed by atoms with Crippen LogP contribution in [0.15, 0.2) is 47.3 Å². The van der Waals surface area contributed by atoms with Crippen molar-refractivity contribution < 1.29 is 4.74 Å². The summed E-state index contributed by atoms with van der Waals surface area (Å²) in [5, 5.41) is 9.34. The molecule has 3 aromatic rings. The lowest BCUT2D eigenvalue weighted by molar-refractivity contribution is 0.109. The molecule has 2 atom stereocenters. The largest absolute Gasteiger partial charge is 0.490 e. The maximum atomic E-state index is 12.6. The molecule has 1 fully saturated rings. The maximum Gasteiger partial charge on any atom is 0.252 e. The maximum absolute atomic E-state index is 12.6. The first-order valence-electron chi connectivity index (χ1n) is 11.6. The van der Waals surface area contributed by atoms with E-state index < -0.39 is 0 Å². The Morgan fingerprint density at radius 1 is 1.21 bits per heavy atom. The minimum Gasteiger partial charge on any atom is -0.490 e. The first-order valence-corrected chi connectivity index (χ1v) is 11.6. The van der Waals surface area contributed by atoms with E-state index in [1.807, 2.05) is 6.07 Å². The van der Waals surface area contributed by atoms with Crippen LogP contribution < -0.4 is 15.2 Å². The SMILES string of the molecule is CC[C@@H]1CN(c2cc(=O)n(C)c3ccc(C#N)nc23)CC[C@H]1Oc1cccc(C(C)(C)C)c1. The number of hydrogen-bond donors (Lipinski definition) is 0. The summed E-state index contributed by atoms with van der Waals surface area (Å²) in [5.41, 5.74) is 3.85. The fourth-order valence-corrected chi connectivity index (χ4v) is 4.60. The van der Waals surface area contributed by atoms with E-state index in [4.69, 9.17) is 4.74 Å². The van der Waals surface area contributed by atoms with Gasteiger partial charge in [0.2, 0.25) is 0 Å². The van der Waals surface area contributed by atoms with Gasteiger partial charge in [-0.25, -0.2) is 4.98 Å². The van der Waals surface area contributed by atoms with Gasteiger partial charge in [-0.3, -0.25) is 4.79 Å². The second-order valence-electron chi connectivity index (χ2n) is 9.94. The second-order valence-corrected chi connectivity index (χ2v) is 9.94. The molecule has 172 valence electrons. The Balaban J connectivity index is 1.61. The number of aryl methyl sites for hydroxylation is 1. The van der Waals surface area contributed by atoms with Gasteiger partial charge in [-0.2, -0.15) is 5.26 Å². The monoisotopic (exact) mass is 444 g/mol. The van der Waals surface area contributed by atoms with Gasteiger partial charge in [0.15, 0.2) is 0 Å². The van der Waals surface area contributed by atoms with E-state index >= 15 is 0 Å². The summed E-state index contributed by atoms with van der Waals surface area (Å²) in [6.45, 7) is 10.4. The molecule has 6 nitrogen and oxygen atoms in total. The molecule has 1 aliphatic rings. The molecule has 0 saturated carbocycles. The lowest BCUT2D eigenvalue weighted by atomic mass is 9.87. The van der Waals surface area contributed by atoms with Crippen molar-refractivity contribution in [2.45, 2.75) is 52.1 Å². The predicted molar refractivity (Wildman–Crippen MR) is 132 cm³/mol. The van der Waals surface area contributed by atoms with Gasteiger partial charge in [0.1, 0.15) is 29.1 Å². The van der Waals surface area contributed by atoms with Crippen LogP contribution >= 0.6 is 0 Å². The van der Waals surface area contributed by atoms with Crippen molar-refractivity contribution in [3.05, 3.63) is 64.1 Å². The van der Waals surface area contributed by atoms with Gasteiger partial charge in [-0.1, -0.05) is 39.8 Å². The molecule has 1 aliphatic heterocycles. The molecule has 0 aliphatic carbocycles. The molecule has 0 unspecified atom stereocenters. The Morgan fingerprint density at radius 2 is 2.00 bits per heavy atom. The van der Waals surface area contributed by atoms with Crippen LogP contribution in [0.3, 0.4) is 0 Å². The number of piperidine rings is 1. The molecule has 0 radical (unpaired) electrons. The van der Waals surface area contributed by atoms with E-state index in [0.717, 1.165) is 42.9 Å². The van der Waals surface area contributed by atoms with E-state index in [9.17, 15) is 10.1 Å². The van der Waals surface area contributed by atoms with Crippen LogP contribution in [0.1, 0.15) is 51.8 Å². The highest BCUT2D eigenvalue weighted by Crippen LogP contribution is 2.32. The molecule has 0 spiro atoms. The third-order valence-electron chi connectivity index (χ3n) is 6.70. The number of hydrogen-bond acceptors (Lipinski definition) is 5. The lowest BCUT2D eigenvalue weighted by Gasteiger charge is -2.39. The van der Waals surface area contributed by atoms with Crippen LogP contribution in [0.2, 0.25) is 0 Å². The van der Waals surface area contributed by atoms with E-state index in [1.54, 1.807) is 29.8 Å². The van der Waals surface area contributed by atoms with Crippen LogP contribution in [0.25, 0.3) is 11.0 Å². The van der Waals surface area contributed by atoms with Gasteiger partial charge >= 0.3 is 0 Å². The number of rotatable bonds is 4. The van der Waals surface area contributed by atoms with Gasteiger partial charge in [0.05, 0.1) is 11.2 Å². The van der Waals surface area contributed by atoms with Crippen LogP contribution in [0.5, 0.6) is 5.75 Å². The molecule has 0 N–H and O–H groups in total. The number of aromatic nitrogens is 2. The molecular formula is C27H32N4O2. The summed E-state index contributed by atoms with van der Waals surface area (Å²) in [5.74, 6) is 1.23. The van der Waals surface area contributed by atoms with Crippen molar-refractivity contribution in [3.8, 4) is 11.8 Å². The van der Waals surface area contributed by atoms with Gasteiger partial charge < -0.3 is 14.2 Å². The minimum atomic E-state index is -0.0746. The highest BCUT2D eigenvalue weighted by atomic mass is 16.5. The molecule has 3 heterocycles. The third-order valence-corrected chi connectivity index (χ3v) is 6.70. The van der Waals surface area contributed by atoms with Gasteiger partial charge in [-0.05, 0) is 41.7 Å². The number of fused-ring (bicyclic) bond motifs is 1. The fourth-order valence-electron chi connectivity index (χ4n) is 4.60. The quantitative estimate of drug-likeness (QED) is 0.579. The zero-order valence-electron chi connectivity index (χ0n) is 20.1. The Hall–Kier alpha value is -3.33.